The first-order valence-electron chi connectivity index (χ1n) is 3.61. The second-order valence-electron chi connectivity index (χ2n) is 2.69. The average Bonchev–Trinajstić information content (AvgIpc) is 1.97. The summed E-state index contributed by atoms with van der Waals surface area (Å²) in [7, 11) is 0. The molecule has 0 aliphatic carbocycles. The van der Waals surface area contributed by atoms with Gasteiger partial charge in [-0.25, -0.2) is 0 Å². The summed E-state index contributed by atoms with van der Waals surface area (Å²) in [6.07, 6.45) is -4.72. The summed E-state index contributed by atoms with van der Waals surface area (Å²) in [6.45, 7) is 1.72. The molecular weight excluding hydrogens is 298 g/mol. The maximum atomic E-state index is 11.9. The second-order valence-corrected chi connectivity index (χ2v) is 3.54. The van der Waals surface area contributed by atoms with E-state index in [1.165, 1.54) is 12.1 Å². The van der Waals surface area contributed by atoms with Crippen LogP contribution in [0.2, 0.25) is 0 Å². The van der Waals surface area contributed by atoms with Crippen LogP contribution in [0.25, 0.3) is 0 Å². The fraction of sp³-hybridized carbons (Fsp3) is 0.250. The fourth-order valence-corrected chi connectivity index (χ4v) is 1.22. The summed E-state index contributed by atoms with van der Waals surface area (Å²) in [4.78, 5) is 0. The van der Waals surface area contributed by atoms with Gasteiger partial charge in [0.1, 0.15) is 0 Å². The molecule has 86 valence electrons. The summed E-state index contributed by atoms with van der Waals surface area (Å²) < 4.78 is 39.8. The van der Waals surface area contributed by atoms with E-state index < -0.39 is 12.1 Å². The third-order valence-electron chi connectivity index (χ3n) is 1.52. The first kappa shape index (κ1) is 14.4. The Morgan fingerprint density at radius 3 is 2.33 bits per heavy atom. The third kappa shape index (κ3) is 4.17. The number of benzene rings is 1. The summed E-state index contributed by atoms with van der Waals surface area (Å²) >= 11 is 3.08. The van der Waals surface area contributed by atoms with Gasteiger partial charge in [-0.15, -0.1) is 25.6 Å². The molecule has 0 atom stereocenters. The number of alkyl halides is 3. The smallest absolute Gasteiger partial charge is 0.404 e. The lowest BCUT2D eigenvalue weighted by molar-refractivity contribution is -0.274. The Kier molecular flexibility index (Phi) is 4.73. The van der Waals surface area contributed by atoms with E-state index >= 15 is 0 Å². The van der Waals surface area contributed by atoms with Gasteiger partial charge < -0.3 is 10.5 Å². The van der Waals surface area contributed by atoms with Gasteiger partial charge >= 0.3 is 6.36 Å². The zero-order valence-electron chi connectivity index (χ0n) is 7.56. The van der Waals surface area contributed by atoms with Gasteiger partial charge in [-0.1, -0.05) is 15.9 Å². The predicted octanol–water partition coefficient (Wildman–Crippen LogP) is 3.66. The summed E-state index contributed by atoms with van der Waals surface area (Å²) in [5.41, 5.74) is 6.06. The van der Waals surface area contributed by atoms with Gasteiger partial charge in [0.2, 0.25) is 0 Å². The van der Waals surface area contributed by atoms with E-state index in [1.54, 1.807) is 6.92 Å². The summed E-state index contributed by atoms with van der Waals surface area (Å²) in [5.74, 6) is -0.394. The highest BCUT2D eigenvalue weighted by Gasteiger charge is 2.32. The van der Waals surface area contributed by atoms with Gasteiger partial charge in [-0.2, -0.15) is 0 Å². The molecule has 0 fully saturated rings. The van der Waals surface area contributed by atoms with E-state index in [1.807, 2.05) is 0 Å². The van der Waals surface area contributed by atoms with Crippen molar-refractivity contribution in [3.8, 4) is 5.75 Å². The zero-order chi connectivity index (χ0) is 10.9. The number of hydrogen-bond donors (Lipinski definition) is 1. The van der Waals surface area contributed by atoms with Crippen LogP contribution in [0.4, 0.5) is 18.9 Å². The number of halogens is 5. The molecular formula is C8H8BrClF3NO. The van der Waals surface area contributed by atoms with E-state index in [0.29, 0.717) is 4.47 Å². The lowest BCUT2D eigenvalue weighted by Crippen LogP contribution is -2.18. The highest BCUT2D eigenvalue weighted by Crippen LogP contribution is 2.32. The molecule has 1 rings (SSSR count). The standard InChI is InChI=1S/C8H7BrF3NO.ClH/c1-4-2-6(13)7(3-5(4)9)14-8(10,11)12;/h2-3H,13H2,1H3;1H. The highest BCUT2D eigenvalue weighted by atomic mass is 79.9. The number of nitrogens with two attached hydrogens (primary N) is 1. The molecule has 1 aromatic rings. The number of hydrogen-bond acceptors (Lipinski definition) is 2. The van der Waals surface area contributed by atoms with E-state index in [-0.39, 0.29) is 18.1 Å². The van der Waals surface area contributed by atoms with Crippen molar-refractivity contribution in [1.82, 2.24) is 0 Å². The normalized spacial score (nSPS) is 10.7. The number of rotatable bonds is 1. The third-order valence-corrected chi connectivity index (χ3v) is 2.37. The van der Waals surface area contributed by atoms with Gasteiger partial charge in [0.05, 0.1) is 5.69 Å². The van der Waals surface area contributed by atoms with E-state index in [0.717, 1.165) is 5.56 Å². The summed E-state index contributed by atoms with van der Waals surface area (Å²) in [6, 6.07) is 2.60. The van der Waals surface area contributed by atoms with E-state index in [2.05, 4.69) is 20.7 Å². The molecule has 1 aromatic carbocycles. The molecule has 15 heavy (non-hydrogen) atoms. The second kappa shape index (κ2) is 4.94. The zero-order valence-corrected chi connectivity index (χ0v) is 9.96. The van der Waals surface area contributed by atoms with Crippen molar-refractivity contribution in [2.24, 2.45) is 0 Å². The van der Waals surface area contributed by atoms with Crippen LogP contribution < -0.4 is 10.5 Å². The van der Waals surface area contributed by atoms with Crippen LogP contribution in [0, 0.1) is 6.92 Å². The Morgan fingerprint density at radius 2 is 1.87 bits per heavy atom. The molecule has 0 aliphatic rings. The van der Waals surface area contributed by atoms with Crippen molar-refractivity contribution in [2.75, 3.05) is 5.73 Å². The Hall–Kier alpha value is -0.620. The molecule has 0 bridgehead atoms. The molecule has 2 nitrogen and oxygen atoms in total. The Labute approximate surface area is 99.1 Å². The van der Waals surface area contributed by atoms with Crippen LogP contribution in [0.3, 0.4) is 0 Å². The van der Waals surface area contributed by atoms with Gasteiger partial charge in [0.25, 0.3) is 0 Å². The topological polar surface area (TPSA) is 35.2 Å². The molecule has 0 amide bonds. The highest BCUT2D eigenvalue weighted by molar-refractivity contribution is 9.10. The molecule has 0 unspecified atom stereocenters. The Balaban J connectivity index is 0.00000196. The molecule has 0 aromatic heterocycles. The Morgan fingerprint density at radius 1 is 1.33 bits per heavy atom. The molecule has 0 saturated heterocycles. The molecule has 0 saturated carbocycles. The van der Waals surface area contributed by atoms with Crippen LogP contribution in [-0.4, -0.2) is 6.36 Å². The van der Waals surface area contributed by atoms with Crippen LogP contribution in [0.5, 0.6) is 5.75 Å². The average molecular weight is 307 g/mol. The lowest BCUT2D eigenvalue weighted by Gasteiger charge is -2.12. The minimum absolute atomic E-state index is 0. The number of aryl methyl sites for hydroxylation is 1. The van der Waals surface area contributed by atoms with Crippen molar-refractivity contribution in [1.29, 1.82) is 0 Å². The number of ether oxygens (including phenoxy) is 1. The molecule has 7 heteroatoms. The SMILES string of the molecule is Cc1cc(N)c(OC(F)(F)F)cc1Br.Cl. The van der Waals surface area contributed by atoms with Crippen LogP contribution in [-0.2, 0) is 0 Å². The monoisotopic (exact) mass is 305 g/mol. The van der Waals surface area contributed by atoms with Gasteiger partial charge in [0, 0.05) is 4.47 Å². The maximum absolute atomic E-state index is 11.9. The van der Waals surface area contributed by atoms with Crippen molar-refractivity contribution in [2.45, 2.75) is 13.3 Å². The summed E-state index contributed by atoms with van der Waals surface area (Å²) in [5, 5.41) is 0. The minimum atomic E-state index is -4.72. The largest absolute Gasteiger partial charge is 0.573 e. The maximum Gasteiger partial charge on any atom is 0.573 e. The minimum Gasteiger partial charge on any atom is -0.404 e. The van der Waals surface area contributed by atoms with Crippen molar-refractivity contribution in [3.63, 3.8) is 0 Å². The van der Waals surface area contributed by atoms with Crippen molar-refractivity contribution < 1.29 is 17.9 Å². The van der Waals surface area contributed by atoms with Gasteiger partial charge in [-0.3, -0.25) is 0 Å². The quantitative estimate of drug-likeness (QED) is 0.804. The van der Waals surface area contributed by atoms with Crippen molar-refractivity contribution >= 4 is 34.0 Å². The predicted molar refractivity (Wildman–Crippen MR) is 57.2 cm³/mol. The van der Waals surface area contributed by atoms with E-state index in [4.69, 9.17) is 5.73 Å². The molecule has 0 radical (unpaired) electrons. The van der Waals surface area contributed by atoms with E-state index in [9.17, 15) is 13.2 Å². The molecule has 2 N–H and O–H groups in total. The first-order valence-corrected chi connectivity index (χ1v) is 4.40. The lowest BCUT2D eigenvalue weighted by atomic mass is 10.2. The number of anilines is 1. The fourth-order valence-electron chi connectivity index (χ4n) is 0.899. The Bertz CT molecular complexity index is 356. The molecule has 0 spiro atoms. The first-order chi connectivity index (χ1) is 6.29. The van der Waals surface area contributed by atoms with Gasteiger partial charge in [-0.05, 0) is 24.6 Å². The van der Waals surface area contributed by atoms with Gasteiger partial charge in [0.15, 0.2) is 5.75 Å². The van der Waals surface area contributed by atoms with Crippen LogP contribution in [0.1, 0.15) is 5.56 Å². The van der Waals surface area contributed by atoms with Crippen LogP contribution in [0.15, 0.2) is 16.6 Å². The van der Waals surface area contributed by atoms with Crippen molar-refractivity contribution in [3.05, 3.63) is 22.2 Å². The number of nitrogen functional groups attached to an aromatic ring is 1. The van der Waals surface area contributed by atoms with Crippen LogP contribution >= 0.6 is 28.3 Å². The molecule has 0 heterocycles. The molecule has 0 aliphatic heterocycles.